The number of hydrogen-bond acceptors (Lipinski definition) is 3. The van der Waals surface area contributed by atoms with Gasteiger partial charge in [0.2, 0.25) is 0 Å². The summed E-state index contributed by atoms with van der Waals surface area (Å²) in [4.78, 5) is 10.4. The molecule has 0 amide bonds. The molecule has 0 bridgehead atoms. The van der Waals surface area contributed by atoms with Crippen molar-refractivity contribution in [2.45, 2.75) is 58.4 Å². The van der Waals surface area contributed by atoms with Crippen LogP contribution >= 0.6 is 0 Å². The summed E-state index contributed by atoms with van der Waals surface area (Å²) in [7, 11) is 0. The molecular weight excluding hydrogens is 201 g/mol. The minimum absolute atomic E-state index is 0. The third-order valence-corrected chi connectivity index (χ3v) is 2.65. The van der Waals surface area contributed by atoms with Crippen molar-refractivity contribution >= 4 is 5.97 Å². The number of hydrogen-bond donors (Lipinski definition) is 1. The number of carbonyl (C=O) groups excluding carboxylic acids is 1. The summed E-state index contributed by atoms with van der Waals surface area (Å²) in [5.74, 6) is -1.10. The molecule has 0 spiro atoms. The minimum atomic E-state index is -1.13. The first-order valence-corrected chi connectivity index (χ1v) is 5.56. The molecular formula is C11H22NNaO2. The fraction of sp³-hybridized carbons (Fsp3) is 0.909. The average Bonchev–Trinajstić information content (AvgIpc) is 2.16. The summed E-state index contributed by atoms with van der Waals surface area (Å²) in [5, 5.41) is 10.4. The Labute approximate surface area is 115 Å². The molecule has 3 nitrogen and oxygen atoms in total. The smallest absolute Gasteiger partial charge is 0.548 e. The Hall–Kier alpha value is 0.430. The van der Waals surface area contributed by atoms with Crippen LogP contribution in [0.1, 0.15) is 52.4 Å². The topological polar surface area (TPSA) is 66.2 Å². The number of carboxylic acid groups (broad SMARTS) is 1. The summed E-state index contributed by atoms with van der Waals surface area (Å²) < 4.78 is 0. The second kappa shape index (κ2) is 10.9. The minimum Gasteiger partial charge on any atom is -0.548 e. The molecule has 0 saturated heterocycles. The summed E-state index contributed by atoms with van der Waals surface area (Å²) in [6, 6.07) is -0.804. The van der Waals surface area contributed by atoms with Crippen LogP contribution in [0.4, 0.5) is 0 Å². The fourth-order valence-electron chi connectivity index (χ4n) is 1.48. The maximum atomic E-state index is 10.4. The second-order valence-corrected chi connectivity index (χ2v) is 4.02. The molecule has 0 aliphatic carbocycles. The summed E-state index contributed by atoms with van der Waals surface area (Å²) in [6.45, 7) is 4.05. The molecule has 0 saturated carbocycles. The maximum Gasteiger partial charge on any atom is 1.00 e. The normalized spacial score (nSPS) is 14.1. The Morgan fingerprint density at radius 3 is 2.27 bits per heavy atom. The van der Waals surface area contributed by atoms with E-state index >= 15 is 0 Å². The SMILES string of the molecule is CCCCCCCC(C)C(N)C(=O)[O-].[Na+]. The molecule has 2 atom stereocenters. The third-order valence-electron chi connectivity index (χ3n) is 2.65. The number of nitrogens with two attached hydrogens (primary N) is 1. The number of unbranched alkanes of at least 4 members (excludes halogenated alkanes) is 4. The Kier molecular flexibility index (Phi) is 13.0. The Morgan fingerprint density at radius 1 is 1.27 bits per heavy atom. The second-order valence-electron chi connectivity index (χ2n) is 4.02. The molecule has 2 N–H and O–H groups in total. The zero-order valence-electron chi connectivity index (χ0n) is 10.3. The number of aliphatic carboxylic acids is 1. The molecule has 0 aliphatic rings. The van der Waals surface area contributed by atoms with Crippen LogP contribution in [-0.2, 0) is 4.79 Å². The first-order chi connectivity index (χ1) is 6.59. The van der Waals surface area contributed by atoms with Gasteiger partial charge in [-0.05, 0) is 12.3 Å². The van der Waals surface area contributed by atoms with Crippen LogP contribution in [0, 0.1) is 5.92 Å². The van der Waals surface area contributed by atoms with Gasteiger partial charge in [0.15, 0.2) is 0 Å². The maximum absolute atomic E-state index is 10.4. The quantitative estimate of drug-likeness (QED) is 0.385. The predicted molar refractivity (Wildman–Crippen MR) is 55.5 cm³/mol. The van der Waals surface area contributed by atoms with Crippen LogP contribution in [0.3, 0.4) is 0 Å². The van der Waals surface area contributed by atoms with Crippen LogP contribution < -0.4 is 40.4 Å². The van der Waals surface area contributed by atoms with E-state index in [0.29, 0.717) is 0 Å². The van der Waals surface area contributed by atoms with Crippen molar-refractivity contribution in [3.05, 3.63) is 0 Å². The van der Waals surface area contributed by atoms with Crippen LogP contribution in [0.5, 0.6) is 0 Å². The first-order valence-electron chi connectivity index (χ1n) is 5.56. The van der Waals surface area contributed by atoms with E-state index in [-0.39, 0.29) is 35.5 Å². The van der Waals surface area contributed by atoms with Gasteiger partial charge in [0.05, 0.1) is 5.97 Å². The van der Waals surface area contributed by atoms with Gasteiger partial charge < -0.3 is 15.6 Å². The van der Waals surface area contributed by atoms with E-state index < -0.39 is 12.0 Å². The van der Waals surface area contributed by atoms with Crippen molar-refractivity contribution in [2.75, 3.05) is 0 Å². The molecule has 0 aromatic heterocycles. The number of carboxylic acids is 1. The van der Waals surface area contributed by atoms with Gasteiger partial charge in [0, 0.05) is 6.04 Å². The van der Waals surface area contributed by atoms with Gasteiger partial charge in [-0.25, -0.2) is 0 Å². The zero-order valence-corrected chi connectivity index (χ0v) is 12.3. The van der Waals surface area contributed by atoms with Gasteiger partial charge in [-0.3, -0.25) is 0 Å². The molecule has 4 heteroatoms. The predicted octanol–water partition coefficient (Wildman–Crippen LogP) is -1.94. The van der Waals surface area contributed by atoms with E-state index in [9.17, 15) is 9.90 Å². The van der Waals surface area contributed by atoms with Crippen molar-refractivity contribution in [1.29, 1.82) is 0 Å². The largest absolute Gasteiger partial charge is 1.00 e. The van der Waals surface area contributed by atoms with Crippen LogP contribution in [0.25, 0.3) is 0 Å². The van der Waals surface area contributed by atoms with Gasteiger partial charge in [-0.2, -0.15) is 0 Å². The Morgan fingerprint density at radius 2 is 1.80 bits per heavy atom. The molecule has 0 radical (unpaired) electrons. The zero-order chi connectivity index (χ0) is 11.0. The van der Waals surface area contributed by atoms with E-state index in [4.69, 9.17) is 5.73 Å². The molecule has 2 unspecified atom stereocenters. The molecule has 0 aromatic rings. The van der Waals surface area contributed by atoms with Gasteiger partial charge in [-0.1, -0.05) is 46.0 Å². The van der Waals surface area contributed by atoms with Crippen molar-refractivity contribution in [1.82, 2.24) is 0 Å². The van der Waals surface area contributed by atoms with E-state index in [1.165, 1.54) is 25.7 Å². The Bertz CT molecular complexity index is 165. The van der Waals surface area contributed by atoms with Crippen molar-refractivity contribution < 1.29 is 39.5 Å². The fourth-order valence-corrected chi connectivity index (χ4v) is 1.48. The molecule has 84 valence electrons. The van der Waals surface area contributed by atoms with Crippen LogP contribution in [0.15, 0.2) is 0 Å². The van der Waals surface area contributed by atoms with Gasteiger partial charge in [-0.15, -0.1) is 0 Å². The van der Waals surface area contributed by atoms with E-state index in [0.717, 1.165) is 12.8 Å². The summed E-state index contributed by atoms with van der Waals surface area (Å²) >= 11 is 0. The molecule has 0 heterocycles. The monoisotopic (exact) mass is 223 g/mol. The average molecular weight is 223 g/mol. The van der Waals surface area contributed by atoms with E-state index in [1.807, 2.05) is 6.92 Å². The van der Waals surface area contributed by atoms with Crippen LogP contribution in [-0.4, -0.2) is 12.0 Å². The first kappa shape index (κ1) is 17.8. The van der Waals surface area contributed by atoms with Crippen LogP contribution in [0.2, 0.25) is 0 Å². The van der Waals surface area contributed by atoms with Crippen molar-refractivity contribution in [3.63, 3.8) is 0 Å². The van der Waals surface area contributed by atoms with Crippen molar-refractivity contribution in [2.24, 2.45) is 11.7 Å². The molecule has 0 rings (SSSR count). The molecule has 15 heavy (non-hydrogen) atoms. The number of carbonyl (C=O) groups is 1. The third kappa shape index (κ3) is 9.36. The summed E-state index contributed by atoms with van der Waals surface area (Å²) in [5.41, 5.74) is 5.44. The number of rotatable bonds is 8. The molecule has 0 fully saturated rings. The van der Waals surface area contributed by atoms with Gasteiger partial charge in [0.25, 0.3) is 0 Å². The van der Waals surface area contributed by atoms with Gasteiger partial charge in [0.1, 0.15) is 0 Å². The van der Waals surface area contributed by atoms with Crippen molar-refractivity contribution in [3.8, 4) is 0 Å². The Balaban J connectivity index is 0. The van der Waals surface area contributed by atoms with E-state index in [2.05, 4.69) is 6.92 Å². The van der Waals surface area contributed by atoms with E-state index in [1.54, 1.807) is 0 Å². The standard InChI is InChI=1S/C11H23NO2.Na/c1-3-4-5-6-7-8-9(2)10(12)11(13)14;/h9-10H,3-8,12H2,1-2H3,(H,13,14);/q;+1/p-1. The summed E-state index contributed by atoms with van der Waals surface area (Å²) in [6.07, 6.45) is 6.87. The van der Waals surface area contributed by atoms with Gasteiger partial charge >= 0.3 is 29.6 Å². The molecule has 0 aliphatic heterocycles. The molecule has 0 aromatic carbocycles.